The highest BCUT2D eigenvalue weighted by atomic mass is 32.1. The van der Waals surface area contributed by atoms with Crippen LogP contribution in [0.15, 0.2) is 24.3 Å². The fourth-order valence-corrected chi connectivity index (χ4v) is 3.46. The molecular formula is C15H18N4O2S. The van der Waals surface area contributed by atoms with E-state index in [4.69, 9.17) is 10.5 Å². The Kier molecular flexibility index (Phi) is 4.24. The molecule has 116 valence electrons. The van der Waals surface area contributed by atoms with Gasteiger partial charge in [0.2, 0.25) is 10.3 Å². The quantitative estimate of drug-likeness (QED) is 0.875. The van der Waals surface area contributed by atoms with Crippen molar-refractivity contribution in [2.24, 2.45) is 0 Å². The zero-order valence-corrected chi connectivity index (χ0v) is 13.2. The number of benzene rings is 1. The van der Waals surface area contributed by atoms with Gasteiger partial charge in [-0.25, -0.2) is 4.79 Å². The standard InChI is InChI=1S/C15H18N4O2S/c1-21-13(20)11-5-2-4-10(8-11)12-6-3-7-19(9-12)15-18-17-14(16)22-15/h2,4-5,8,12H,3,6-7,9H2,1H3,(H2,16,17). The summed E-state index contributed by atoms with van der Waals surface area (Å²) in [5.41, 5.74) is 7.42. The maximum atomic E-state index is 11.7. The minimum atomic E-state index is -0.300. The van der Waals surface area contributed by atoms with Crippen molar-refractivity contribution < 1.29 is 9.53 Å². The summed E-state index contributed by atoms with van der Waals surface area (Å²) in [5, 5.41) is 9.36. The van der Waals surface area contributed by atoms with E-state index in [0.29, 0.717) is 16.6 Å². The Balaban J connectivity index is 1.78. The number of carbonyl (C=O) groups excluding carboxylic acids is 1. The number of nitrogen functional groups attached to an aromatic ring is 1. The van der Waals surface area contributed by atoms with E-state index in [0.717, 1.165) is 36.6 Å². The van der Waals surface area contributed by atoms with E-state index in [1.165, 1.54) is 18.4 Å². The van der Waals surface area contributed by atoms with Crippen molar-refractivity contribution in [1.82, 2.24) is 10.2 Å². The van der Waals surface area contributed by atoms with E-state index < -0.39 is 0 Å². The van der Waals surface area contributed by atoms with Crippen molar-refractivity contribution in [2.75, 3.05) is 30.8 Å². The van der Waals surface area contributed by atoms with Gasteiger partial charge in [-0.05, 0) is 30.5 Å². The summed E-state index contributed by atoms with van der Waals surface area (Å²) >= 11 is 1.41. The molecule has 0 radical (unpaired) electrons. The molecule has 2 heterocycles. The molecule has 0 amide bonds. The number of carbonyl (C=O) groups is 1. The zero-order valence-electron chi connectivity index (χ0n) is 12.4. The number of hydrogen-bond acceptors (Lipinski definition) is 7. The Bertz CT molecular complexity index is 673. The largest absolute Gasteiger partial charge is 0.465 e. The summed E-state index contributed by atoms with van der Waals surface area (Å²) in [5.74, 6) is 0.0647. The predicted molar refractivity (Wildman–Crippen MR) is 86.3 cm³/mol. The van der Waals surface area contributed by atoms with Crippen molar-refractivity contribution in [2.45, 2.75) is 18.8 Å². The Hall–Kier alpha value is -2.15. The van der Waals surface area contributed by atoms with Crippen molar-refractivity contribution in [3.05, 3.63) is 35.4 Å². The van der Waals surface area contributed by atoms with Crippen molar-refractivity contribution in [3.63, 3.8) is 0 Å². The number of aromatic nitrogens is 2. The summed E-state index contributed by atoms with van der Waals surface area (Å²) in [6.45, 7) is 1.82. The second-order valence-corrected chi connectivity index (χ2v) is 6.31. The molecule has 1 saturated heterocycles. The summed E-state index contributed by atoms with van der Waals surface area (Å²) < 4.78 is 4.79. The summed E-state index contributed by atoms with van der Waals surface area (Å²) in [4.78, 5) is 13.9. The molecule has 1 unspecified atom stereocenters. The zero-order chi connectivity index (χ0) is 15.5. The van der Waals surface area contributed by atoms with Gasteiger partial charge in [0, 0.05) is 19.0 Å². The lowest BCUT2D eigenvalue weighted by molar-refractivity contribution is 0.0600. The number of esters is 1. The second-order valence-electron chi connectivity index (χ2n) is 5.33. The van der Waals surface area contributed by atoms with Crippen LogP contribution in [-0.4, -0.2) is 36.4 Å². The maximum absolute atomic E-state index is 11.7. The van der Waals surface area contributed by atoms with Gasteiger partial charge in [-0.2, -0.15) is 0 Å². The van der Waals surface area contributed by atoms with Gasteiger partial charge in [0.25, 0.3) is 0 Å². The monoisotopic (exact) mass is 318 g/mol. The van der Waals surface area contributed by atoms with E-state index in [2.05, 4.69) is 21.2 Å². The molecule has 0 bridgehead atoms. The van der Waals surface area contributed by atoms with E-state index in [1.807, 2.05) is 12.1 Å². The van der Waals surface area contributed by atoms with Gasteiger partial charge in [-0.1, -0.05) is 23.5 Å². The number of piperidine rings is 1. The first-order chi connectivity index (χ1) is 10.7. The number of anilines is 2. The molecule has 1 fully saturated rings. The summed E-state index contributed by atoms with van der Waals surface area (Å²) in [7, 11) is 1.40. The van der Waals surface area contributed by atoms with Crippen LogP contribution in [0.25, 0.3) is 0 Å². The molecule has 22 heavy (non-hydrogen) atoms. The second kappa shape index (κ2) is 6.31. The Morgan fingerprint density at radius 2 is 2.32 bits per heavy atom. The number of methoxy groups -OCH3 is 1. The Labute approximate surface area is 132 Å². The van der Waals surface area contributed by atoms with Gasteiger partial charge in [-0.3, -0.25) is 0 Å². The lowest BCUT2D eigenvalue weighted by atomic mass is 9.90. The van der Waals surface area contributed by atoms with Crippen LogP contribution in [0.1, 0.15) is 34.7 Å². The minimum Gasteiger partial charge on any atom is -0.465 e. The summed E-state index contributed by atoms with van der Waals surface area (Å²) in [6.07, 6.45) is 2.17. The third-order valence-corrected chi connectivity index (χ3v) is 4.71. The topological polar surface area (TPSA) is 81.3 Å². The van der Waals surface area contributed by atoms with Gasteiger partial charge in [-0.15, -0.1) is 10.2 Å². The fourth-order valence-electron chi connectivity index (χ4n) is 2.81. The lowest BCUT2D eigenvalue weighted by Crippen LogP contribution is -2.34. The lowest BCUT2D eigenvalue weighted by Gasteiger charge is -2.32. The molecule has 1 aromatic heterocycles. The van der Waals surface area contributed by atoms with Crippen LogP contribution in [-0.2, 0) is 4.74 Å². The van der Waals surface area contributed by atoms with Crippen LogP contribution in [0.4, 0.5) is 10.3 Å². The first-order valence-electron chi connectivity index (χ1n) is 7.19. The highest BCUT2D eigenvalue weighted by molar-refractivity contribution is 7.18. The average molecular weight is 318 g/mol. The minimum absolute atomic E-state index is 0.300. The molecule has 2 N–H and O–H groups in total. The molecule has 1 aliphatic heterocycles. The molecule has 7 heteroatoms. The van der Waals surface area contributed by atoms with Gasteiger partial charge < -0.3 is 15.4 Å². The van der Waals surface area contributed by atoms with Gasteiger partial charge in [0.05, 0.1) is 12.7 Å². The van der Waals surface area contributed by atoms with E-state index in [1.54, 1.807) is 6.07 Å². The Morgan fingerprint density at radius 3 is 3.05 bits per heavy atom. The number of nitrogens with zero attached hydrogens (tertiary/aromatic N) is 3. The van der Waals surface area contributed by atoms with E-state index in [9.17, 15) is 4.79 Å². The molecule has 2 aromatic rings. The molecule has 1 aliphatic rings. The van der Waals surface area contributed by atoms with Crippen LogP contribution in [0.5, 0.6) is 0 Å². The molecule has 1 aromatic carbocycles. The van der Waals surface area contributed by atoms with Gasteiger partial charge >= 0.3 is 5.97 Å². The normalized spacial score (nSPS) is 18.2. The molecule has 3 rings (SSSR count). The third-order valence-electron chi connectivity index (χ3n) is 3.90. The van der Waals surface area contributed by atoms with Crippen LogP contribution >= 0.6 is 11.3 Å². The predicted octanol–water partition coefficient (Wildman–Crippen LogP) is 2.29. The maximum Gasteiger partial charge on any atom is 0.337 e. The van der Waals surface area contributed by atoms with E-state index >= 15 is 0 Å². The van der Waals surface area contributed by atoms with Gasteiger partial charge in [0.1, 0.15) is 0 Å². The number of ether oxygens (including phenoxy) is 1. The highest BCUT2D eigenvalue weighted by Gasteiger charge is 2.24. The average Bonchev–Trinajstić information content (AvgIpc) is 3.01. The molecule has 0 spiro atoms. The molecule has 6 nitrogen and oxygen atoms in total. The smallest absolute Gasteiger partial charge is 0.337 e. The molecule has 1 atom stereocenters. The van der Waals surface area contributed by atoms with E-state index in [-0.39, 0.29) is 5.97 Å². The van der Waals surface area contributed by atoms with Crippen LogP contribution in [0, 0.1) is 0 Å². The molecule has 0 aliphatic carbocycles. The van der Waals surface area contributed by atoms with Crippen LogP contribution < -0.4 is 10.6 Å². The molecule has 0 saturated carbocycles. The van der Waals surface area contributed by atoms with Crippen molar-refractivity contribution >= 4 is 27.6 Å². The summed E-state index contributed by atoms with van der Waals surface area (Å²) in [6, 6.07) is 7.67. The van der Waals surface area contributed by atoms with Crippen molar-refractivity contribution in [1.29, 1.82) is 0 Å². The van der Waals surface area contributed by atoms with Crippen LogP contribution in [0.2, 0.25) is 0 Å². The first-order valence-corrected chi connectivity index (χ1v) is 8.01. The number of nitrogens with two attached hydrogens (primary N) is 1. The Morgan fingerprint density at radius 1 is 1.45 bits per heavy atom. The fraction of sp³-hybridized carbons (Fsp3) is 0.400. The number of rotatable bonds is 3. The molecular weight excluding hydrogens is 300 g/mol. The van der Waals surface area contributed by atoms with Crippen LogP contribution in [0.3, 0.4) is 0 Å². The van der Waals surface area contributed by atoms with Gasteiger partial charge in [0.15, 0.2) is 0 Å². The first kappa shape index (κ1) is 14.8. The third kappa shape index (κ3) is 3.04. The highest BCUT2D eigenvalue weighted by Crippen LogP contribution is 2.32. The SMILES string of the molecule is COC(=O)c1cccc(C2CCCN(c3nnc(N)s3)C2)c1. The number of hydrogen-bond donors (Lipinski definition) is 1. The van der Waals surface area contributed by atoms with Crippen molar-refractivity contribution in [3.8, 4) is 0 Å².